The monoisotopic (exact) mass is 289 g/mol. The lowest BCUT2D eigenvalue weighted by atomic mass is 10.1. The van der Waals surface area contributed by atoms with E-state index in [0.29, 0.717) is 18.9 Å². The zero-order valence-corrected chi connectivity index (χ0v) is 12.1. The SMILES string of the molecule is COCc1ccccc1CNC(C)c1ccc(C(=O)O)o1. The Morgan fingerprint density at radius 1 is 1.29 bits per heavy atom. The average molecular weight is 289 g/mol. The van der Waals surface area contributed by atoms with Crippen molar-refractivity contribution in [1.82, 2.24) is 5.32 Å². The van der Waals surface area contributed by atoms with Gasteiger partial charge < -0.3 is 19.6 Å². The first kappa shape index (κ1) is 15.3. The Labute approximate surface area is 123 Å². The van der Waals surface area contributed by atoms with Crippen molar-refractivity contribution >= 4 is 5.97 Å². The molecule has 2 aromatic rings. The van der Waals surface area contributed by atoms with Crippen LogP contribution in [0.3, 0.4) is 0 Å². The van der Waals surface area contributed by atoms with E-state index in [1.165, 1.54) is 6.07 Å². The molecule has 0 bridgehead atoms. The second-order valence-corrected chi connectivity index (χ2v) is 4.81. The number of nitrogens with one attached hydrogen (secondary N) is 1. The van der Waals surface area contributed by atoms with Crippen molar-refractivity contribution in [1.29, 1.82) is 0 Å². The van der Waals surface area contributed by atoms with Crippen LogP contribution in [0.15, 0.2) is 40.8 Å². The number of benzene rings is 1. The summed E-state index contributed by atoms with van der Waals surface area (Å²) in [6, 6.07) is 11.1. The van der Waals surface area contributed by atoms with Crippen LogP contribution in [0.5, 0.6) is 0 Å². The van der Waals surface area contributed by atoms with Gasteiger partial charge in [-0.15, -0.1) is 0 Å². The molecule has 0 saturated carbocycles. The summed E-state index contributed by atoms with van der Waals surface area (Å²) in [4.78, 5) is 10.8. The highest BCUT2D eigenvalue weighted by Crippen LogP contribution is 2.18. The first-order valence-electron chi connectivity index (χ1n) is 6.74. The molecule has 1 unspecified atom stereocenters. The van der Waals surface area contributed by atoms with Gasteiger partial charge >= 0.3 is 5.97 Å². The van der Waals surface area contributed by atoms with Gasteiger partial charge in [-0.2, -0.15) is 0 Å². The number of methoxy groups -OCH3 is 1. The van der Waals surface area contributed by atoms with E-state index in [2.05, 4.69) is 5.32 Å². The highest BCUT2D eigenvalue weighted by molar-refractivity contribution is 5.84. The summed E-state index contributed by atoms with van der Waals surface area (Å²) in [5, 5.41) is 12.2. The second kappa shape index (κ2) is 7.06. The standard InChI is InChI=1S/C16H19NO4/c1-11(14-7-8-15(21-14)16(18)19)17-9-12-5-3-4-6-13(12)10-20-2/h3-8,11,17H,9-10H2,1-2H3,(H,18,19). The fraction of sp³-hybridized carbons (Fsp3) is 0.312. The first-order valence-corrected chi connectivity index (χ1v) is 6.74. The Kier molecular flexibility index (Phi) is 5.14. The van der Waals surface area contributed by atoms with Crippen molar-refractivity contribution in [3.63, 3.8) is 0 Å². The van der Waals surface area contributed by atoms with Crippen LogP contribution in [0.4, 0.5) is 0 Å². The van der Waals surface area contributed by atoms with Gasteiger partial charge in [0.15, 0.2) is 0 Å². The van der Waals surface area contributed by atoms with Crippen LogP contribution >= 0.6 is 0 Å². The Balaban J connectivity index is 2.00. The maximum Gasteiger partial charge on any atom is 0.371 e. The lowest BCUT2D eigenvalue weighted by Gasteiger charge is -2.14. The third-order valence-corrected chi connectivity index (χ3v) is 3.28. The van der Waals surface area contributed by atoms with E-state index >= 15 is 0 Å². The molecule has 2 N–H and O–H groups in total. The summed E-state index contributed by atoms with van der Waals surface area (Å²) in [7, 11) is 1.67. The Hall–Kier alpha value is -2.11. The van der Waals surface area contributed by atoms with Crippen LogP contribution in [-0.4, -0.2) is 18.2 Å². The number of carboxylic acid groups (broad SMARTS) is 1. The third kappa shape index (κ3) is 3.93. The molecule has 0 aliphatic heterocycles. The quantitative estimate of drug-likeness (QED) is 0.820. The molecule has 0 saturated heterocycles. The third-order valence-electron chi connectivity index (χ3n) is 3.28. The molecule has 0 spiro atoms. The van der Waals surface area contributed by atoms with Crippen molar-refractivity contribution in [2.24, 2.45) is 0 Å². The van der Waals surface area contributed by atoms with Crippen molar-refractivity contribution < 1.29 is 19.1 Å². The summed E-state index contributed by atoms with van der Waals surface area (Å²) in [6.07, 6.45) is 0. The fourth-order valence-electron chi connectivity index (χ4n) is 2.09. The van der Waals surface area contributed by atoms with Gasteiger partial charge in [-0.3, -0.25) is 0 Å². The number of carbonyl (C=O) groups is 1. The Morgan fingerprint density at radius 3 is 2.62 bits per heavy atom. The number of ether oxygens (including phenoxy) is 1. The molecule has 5 nitrogen and oxygen atoms in total. The molecular weight excluding hydrogens is 270 g/mol. The van der Waals surface area contributed by atoms with Crippen molar-refractivity contribution in [2.75, 3.05) is 7.11 Å². The van der Waals surface area contributed by atoms with E-state index in [-0.39, 0.29) is 11.8 Å². The molecule has 2 rings (SSSR count). The molecule has 1 atom stereocenters. The van der Waals surface area contributed by atoms with Crippen LogP contribution in [0.25, 0.3) is 0 Å². The number of rotatable bonds is 7. The zero-order valence-electron chi connectivity index (χ0n) is 12.1. The minimum absolute atomic E-state index is 0.0431. The Bertz CT molecular complexity index is 606. The summed E-state index contributed by atoms with van der Waals surface area (Å²) in [5.74, 6) is -0.492. The van der Waals surface area contributed by atoms with Crippen LogP contribution in [0, 0.1) is 0 Å². The van der Waals surface area contributed by atoms with Gasteiger partial charge in [-0.25, -0.2) is 4.79 Å². The van der Waals surface area contributed by atoms with E-state index in [1.54, 1.807) is 13.2 Å². The average Bonchev–Trinajstić information content (AvgIpc) is 2.96. The molecule has 0 aliphatic carbocycles. The van der Waals surface area contributed by atoms with Gasteiger partial charge in [0.05, 0.1) is 12.6 Å². The predicted octanol–water partition coefficient (Wildman–Crippen LogP) is 2.98. The number of furan rings is 1. The first-order chi connectivity index (χ1) is 10.1. The fourth-order valence-corrected chi connectivity index (χ4v) is 2.09. The van der Waals surface area contributed by atoms with E-state index in [9.17, 15) is 4.79 Å². The number of aromatic carboxylic acids is 1. The zero-order chi connectivity index (χ0) is 15.2. The van der Waals surface area contributed by atoms with Gasteiger partial charge in [-0.1, -0.05) is 24.3 Å². The van der Waals surface area contributed by atoms with E-state index < -0.39 is 5.97 Å². The minimum atomic E-state index is -1.06. The van der Waals surface area contributed by atoms with Crippen LogP contribution in [0.1, 0.15) is 40.4 Å². The summed E-state index contributed by atoms with van der Waals surface area (Å²) in [6.45, 7) is 3.16. The molecule has 1 aromatic carbocycles. The van der Waals surface area contributed by atoms with Crippen LogP contribution in [-0.2, 0) is 17.9 Å². The molecule has 1 aromatic heterocycles. The molecule has 0 radical (unpaired) electrons. The predicted molar refractivity (Wildman–Crippen MR) is 78.1 cm³/mol. The van der Waals surface area contributed by atoms with E-state index in [4.69, 9.17) is 14.3 Å². The maximum absolute atomic E-state index is 10.8. The van der Waals surface area contributed by atoms with Crippen LogP contribution in [0.2, 0.25) is 0 Å². The molecule has 0 amide bonds. The molecule has 112 valence electrons. The van der Waals surface area contributed by atoms with Crippen LogP contribution < -0.4 is 5.32 Å². The van der Waals surface area contributed by atoms with Gasteiger partial charge in [0.1, 0.15) is 5.76 Å². The molecular formula is C16H19NO4. The van der Waals surface area contributed by atoms with Crippen molar-refractivity contribution in [3.8, 4) is 0 Å². The van der Waals surface area contributed by atoms with Crippen molar-refractivity contribution in [2.45, 2.75) is 26.1 Å². The van der Waals surface area contributed by atoms with Gasteiger partial charge in [0.25, 0.3) is 0 Å². The van der Waals surface area contributed by atoms with Crippen molar-refractivity contribution in [3.05, 3.63) is 59.0 Å². The summed E-state index contributed by atoms with van der Waals surface area (Å²) in [5.41, 5.74) is 2.28. The normalized spacial score (nSPS) is 12.3. The topological polar surface area (TPSA) is 71.7 Å². The number of carboxylic acids is 1. The lowest BCUT2D eigenvalue weighted by molar-refractivity contribution is 0.0659. The highest BCUT2D eigenvalue weighted by Gasteiger charge is 2.14. The minimum Gasteiger partial charge on any atom is -0.475 e. The molecule has 1 heterocycles. The lowest BCUT2D eigenvalue weighted by Crippen LogP contribution is -2.18. The van der Waals surface area contributed by atoms with Gasteiger partial charge in [-0.05, 0) is 30.2 Å². The molecule has 5 heteroatoms. The second-order valence-electron chi connectivity index (χ2n) is 4.81. The summed E-state index contributed by atoms with van der Waals surface area (Å²) >= 11 is 0. The smallest absolute Gasteiger partial charge is 0.371 e. The number of hydrogen-bond donors (Lipinski definition) is 2. The molecule has 21 heavy (non-hydrogen) atoms. The summed E-state index contributed by atoms with van der Waals surface area (Å²) < 4.78 is 10.5. The maximum atomic E-state index is 10.8. The Morgan fingerprint density at radius 2 is 2.00 bits per heavy atom. The highest BCUT2D eigenvalue weighted by atomic mass is 16.5. The largest absolute Gasteiger partial charge is 0.475 e. The number of hydrogen-bond acceptors (Lipinski definition) is 4. The van der Waals surface area contributed by atoms with Gasteiger partial charge in [0.2, 0.25) is 5.76 Å². The molecule has 0 aliphatic rings. The molecule has 0 fully saturated rings. The van der Waals surface area contributed by atoms with Gasteiger partial charge in [0, 0.05) is 13.7 Å². The van der Waals surface area contributed by atoms with E-state index in [0.717, 1.165) is 11.1 Å². The van der Waals surface area contributed by atoms with E-state index in [1.807, 2.05) is 31.2 Å².